The van der Waals surface area contributed by atoms with Gasteiger partial charge in [0.15, 0.2) is 0 Å². The first-order valence-corrected chi connectivity index (χ1v) is 7.25. The molecule has 0 radical (unpaired) electrons. The SMILES string of the molecule is CCOc1ccc(OCCN(CC)C(C)(C)C(=O)O)cc1. The molecule has 0 aliphatic heterocycles. The van der Waals surface area contributed by atoms with Crippen LogP contribution in [-0.4, -0.2) is 47.8 Å². The highest BCUT2D eigenvalue weighted by atomic mass is 16.5. The van der Waals surface area contributed by atoms with Crippen molar-refractivity contribution in [3.05, 3.63) is 24.3 Å². The predicted molar refractivity (Wildman–Crippen MR) is 82.1 cm³/mol. The van der Waals surface area contributed by atoms with Gasteiger partial charge in [0, 0.05) is 6.54 Å². The number of benzene rings is 1. The van der Waals surface area contributed by atoms with Crippen molar-refractivity contribution >= 4 is 5.97 Å². The highest BCUT2D eigenvalue weighted by Crippen LogP contribution is 2.18. The maximum Gasteiger partial charge on any atom is 0.323 e. The Bertz CT molecular complexity index is 442. The molecule has 0 unspecified atom stereocenters. The topological polar surface area (TPSA) is 59.0 Å². The van der Waals surface area contributed by atoms with Crippen molar-refractivity contribution in [2.45, 2.75) is 33.2 Å². The van der Waals surface area contributed by atoms with E-state index in [-0.39, 0.29) is 0 Å². The lowest BCUT2D eigenvalue weighted by Gasteiger charge is -2.33. The molecule has 0 atom stereocenters. The van der Waals surface area contributed by atoms with E-state index in [1.807, 2.05) is 43.0 Å². The maximum atomic E-state index is 11.3. The number of aliphatic carboxylic acids is 1. The zero-order valence-electron chi connectivity index (χ0n) is 13.3. The van der Waals surface area contributed by atoms with Crippen LogP contribution in [0.25, 0.3) is 0 Å². The number of hydrogen-bond acceptors (Lipinski definition) is 4. The van der Waals surface area contributed by atoms with Crippen molar-refractivity contribution in [3.8, 4) is 11.5 Å². The van der Waals surface area contributed by atoms with Gasteiger partial charge in [-0.15, -0.1) is 0 Å². The summed E-state index contributed by atoms with van der Waals surface area (Å²) in [4.78, 5) is 13.1. The first kappa shape index (κ1) is 17.3. The van der Waals surface area contributed by atoms with Crippen LogP contribution in [-0.2, 0) is 4.79 Å². The summed E-state index contributed by atoms with van der Waals surface area (Å²) in [6.07, 6.45) is 0. The van der Waals surface area contributed by atoms with Crippen LogP contribution in [0, 0.1) is 0 Å². The van der Waals surface area contributed by atoms with Gasteiger partial charge >= 0.3 is 5.97 Å². The van der Waals surface area contributed by atoms with Gasteiger partial charge < -0.3 is 14.6 Å². The average Bonchev–Trinajstić information content (AvgIpc) is 2.45. The van der Waals surface area contributed by atoms with E-state index in [2.05, 4.69) is 0 Å². The lowest BCUT2D eigenvalue weighted by Crippen LogP contribution is -2.51. The summed E-state index contributed by atoms with van der Waals surface area (Å²) in [5.41, 5.74) is -0.892. The smallest absolute Gasteiger partial charge is 0.323 e. The summed E-state index contributed by atoms with van der Waals surface area (Å²) in [6.45, 7) is 9.59. The second kappa shape index (κ2) is 7.88. The molecule has 0 saturated carbocycles. The standard InChI is InChI=1S/C16H25NO4/c1-5-17(16(3,4)15(18)19)11-12-21-14-9-7-13(8-10-14)20-6-2/h7-10H,5-6,11-12H2,1-4H3,(H,18,19). The van der Waals surface area contributed by atoms with Crippen molar-refractivity contribution in [2.24, 2.45) is 0 Å². The Morgan fingerprint density at radius 1 is 1.14 bits per heavy atom. The Morgan fingerprint density at radius 2 is 1.67 bits per heavy atom. The zero-order chi connectivity index (χ0) is 15.9. The highest BCUT2D eigenvalue weighted by Gasteiger charge is 2.33. The summed E-state index contributed by atoms with van der Waals surface area (Å²) in [5, 5.41) is 9.24. The van der Waals surface area contributed by atoms with Gasteiger partial charge in [-0.05, 0) is 51.6 Å². The number of rotatable bonds is 9. The fourth-order valence-electron chi connectivity index (χ4n) is 2.04. The monoisotopic (exact) mass is 295 g/mol. The van der Waals surface area contributed by atoms with Crippen molar-refractivity contribution in [2.75, 3.05) is 26.3 Å². The second-order valence-corrected chi connectivity index (χ2v) is 5.20. The van der Waals surface area contributed by atoms with Gasteiger partial charge in [-0.3, -0.25) is 9.69 Å². The van der Waals surface area contributed by atoms with Crippen LogP contribution in [0.3, 0.4) is 0 Å². The number of likely N-dealkylation sites (N-methyl/N-ethyl adjacent to an activating group) is 1. The lowest BCUT2D eigenvalue weighted by molar-refractivity contribution is -0.149. The van der Waals surface area contributed by atoms with Crippen molar-refractivity contribution in [3.63, 3.8) is 0 Å². The third kappa shape index (κ3) is 4.93. The molecule has 1 aromatic carbocycles. The lowest BCUT2D eigenvalue weighted by atomic mass is 10.0. The van der Waals surface area contributed by atoms with Crippen molar-refractivity contribution in [1.82, 2.24) is 4.90 Å². The van der Waals surface area contributed by atoms with E-state index in [4.69, 9.17) is 9.47 Å². The summed E-state index contributed by atoms with van der Waals surface area (Å²) in [5.74, 6) is 0.736. The molecule has 0 spiro atoms. The van der Waals surface area contributed by atoms with Crippen LogP contribution in [0.5, 0.6) is 11.5 Å². The van der Waals surface area contributed by atoms with E-state index in [9.17, 15) is 9.90 Å². The molecule has 1 N–H and O–H groups in total. The van der Waals surface area contributed by atoms with E-state index in [1.54, 1.807) is 13.8 Å². The molecular formula is C16H25NO4. The molecule has 5 heteroatoms. The fourth-order valence-corrected chi connectivity index (χ4v) is 2.04. The van der Waals surface area contributed by atoms with Crippen LogP contribution < -0.4 is 9.47 Å². The Morgan fingerprint density at radius 3 is 2.10 bits per heavy atom. The number of carbonyl (C=O) groups is 1. The second-order valence-electron chi connectivity index (χ2n) is 5.20. The Balaban J connectivity index is 2.49. The molecule has 21 heavy (non-hydrogen) atoms. The average molecular weight is 295 g/mol. The Hall–Kier alpha value is -1.75. The summed E-state index contributed by atoms with van der Waals surface area (Å²) in [7, 11) is 0. The van der Waals surface area contributed by atoms with E-state index < -0.39 is 11.5 Å². The highest BCUT2D eigenvalue weighted by molar-refractivity contribution is 5.77. The largest absolute Gasteiger partial charge is 0.494 e. The number of nitrogens with zero attached hydrogens (tertiary/aromatic N) is 1. The molecule has 1 aromatic rings. The molecular weight excluding hydrogens is 270 g/mol. The number of carboxylic acid groups (broad SMARTS) is 1. The quantitative estimate of drug-likeness (QED) is 0.759. The summed E-state index contributed by atoms with van der Waals surface area (Å²) in [6, 6.07) is 7.42. The van der Waals surface area contributed by atoms with Gasteiger partial charge in [0.05, 0.1) is 6.61 Å². The summed E-state index contributed by atoms with van der Waals surface area (Å²) < 4.78 is 11.0. The van der Waals surface area contributed by atoms with Crippen LogP contribution in [0.4, 0.5) is 0 Å². The molecule has 5 nitrogen and oxygen atoms in total. The van der Waals surface area contributed by atoms with Crippen LogP contribution >= 0.6 is 0 Å². The zero-order valence-corrected chi connectivity index (χ0v) is 13.3. The number of carboxylic acids is 1. The van der Waals surface area contributed by atoms with Gasteiger partial charge in [0.1, 0.15) is 23.6 Å². The van der Waals surface area contributed by atoms with Crippen LogP contribution in [0.15, 0.2) is 24.3 Å². The van der Waals surface area contributed by atoms with Crippen LogP contribution in [0.1, 0.15) is 27.7 Å². The molecule has 0 amide bonds. The first-order chi connectivity index (χ1) is 9.91. The normalized spacial score (nSPS) is 11.5. The molecule has 0 saturated heterocycles. The number of ether oxygens (including phenoxy) is 2. The Labute approximate surface area is 126 Å². The number of hydrogen-bond donors (Lipinski definition) is 1. The molecule has 0 heterocycles. The van der Waals surface area contributed by atoms with E-state index in [0.717, 1.165) is 11.5 Å². The van der Waals surface area contributed by atoms with E-state index >= 15 is 0 Å². The first-order valence-electron chi connectivity index (χ1n) is 7.25. The predicted octanol–water partition coefficient (Wildman–Crippen LogP) is 2.65. The molecule has 1 rings (SSSR count). The van der Waals surface area contributed by atoms with E-state index in [1.165, 1.54) is 0 Å². The van der Waals surface area contributed by atoms with Crippen LogP contribution in [0.2, 0.25) is 0 Å². The third-order valence-electron chi connectivity index (χ3n) is 3.46. The minimum absolute atomic E-state index is 0.443. The molecule has 0 aromatic heterocycles. The van der Waals surface area contributed by atoms with Crippen molar-refractivity contribution < 1.29 is 19.4 Å². The minimum atomic E-state index is -0.892. The van der Waals surface area contributed by atoms with E-state index in [0.29, 0.717) is 26.3 Å². The van der Waals surface area contributed by atoms with Gasteiger partial charge in [0.25, 0.3) is 0 Å². The van der Waals surface area contributed by atoms with Crippen molar-refractivity contribution in [1.29, 1.82) is 0 Å². The molecule has 118 valence electrons. The fraction of sp³-hybridized carbons (Fsp3) is 0.562. The Kier molecular flexibility index (Phi) is 6.49. The van der Waals surface area contributed by atoms with Gasteiger partial charge in [-0.2, -0.15) is 0 Å². The maximum absolute atomic E-state index is 11.3. The minimum Gasteiger partial charge on any atom is -0.494 e. The van der Waals surface area contributed by atoms with Gasteiger partial charge in [-0.1, -0.05) is 6.92 Å². The third-order valence-corrected chi connectivity index (χ3v) is 3.46. The van der Waals surface area contributed by atoms with Gasteiger partial charge in [0.2, 0.25) is 0 Å². The molecule has 0 aliphatic carbocycles. The molecule has 0 fully saturated rings. The van der Waals surface area contributed by atoms with Gasteiger partial charge in [-0.25, -0.2) is 0 Å². The molecule has 0 bridgehead atoms. The summed E-state index contributed by atoms with van der Waals surface area (Å²) >= 11 is 0. The molecule has 0 aliphatic rings.